The molecule has 110 valence electrons. The van der Waals surface area contributed by atoms with Crippen LogP contribution in [-0.4, -0.2) is 38.3 Å². The van der Waals surface area contributed by atoms with E-state index in [-0.39, 0.29) is 33.9 Å². The van der Waals surface area contributed by atoms with Crippen LogP contribution in [0.1, 0.15) is 6.42 Å². The molecular weight excluding hydrogens is 391 g/mol. The summed E-state index contributed by atoms with van der Waals surface area (Å²) < 4.78 is 26.9. The van der Waals surface area contributed by atoms with Crippen molar-refractivity contribution < 1.29 is 13.2 Å². The van der Waals surface area contributed by atoms with Crippen LogP contribution in [0.3, 0.4) is 0 Å². The van der Waals surface area contributed by atoms with Crippen LogP contribution in [0.25, 0.3) is 0 Å². The van der Waals surface area contributed by atoms with Gasteiger partial charge in [-0.1, -0.05) is 39.1 Å². The molecule has 1 amide bonds. The van der Waals surface area contributed by atoms with Crippen LogP contribution in [0, 0.1) is 0 Å². The van der Waals surface area contributed by atoms with Gasteiger partial charge in [0.25, 0.3) is 0 Å². The van der Waals surface area contributed by atoms with E-state index in [9.17, 15) is 13.2 Å². The molecule has 2 rings (SSSR count). The van der Waals surface area contributed by atoms with Crippen LogP contribution in [-0.2, 0) is 14.8 Å². The van der Waals surface area contributed by atoms with Gasteiger partial charge in [-0.2, -0.15) is 4.31 Å². The summed E-state index contributed by atoms with van der Waals surface area (Å²) in [4.78, 5) is 11.3. The molecule has 9 heteroatoms. The van der Waals surface area contributed by atoms with Gasteiger partial charge in [0, 0.05) is 17.6 Å². The summed E-state index contributed by atoms with van der Waals surface area (Å²) in [7, 11) is -3.91. The van der Waals surface area contributed by atoms with E-state index in [1.807, 2.05) is 0 Å². The highest BCUT2D eigenvalue weighted by Gasteiger charge is 2.31. The fraction of sp³-hybridized carbons (Fsp3) is 0.364. The van der Waals surface area contributed by atoms with Gasteiger partial charge in [-0.05, 0) is 18.6 Å². The summed E-state index contributed by atoms with van der Waals surface area (Å²) in [6.45, 7) is 0.460. The zero-order chi connectivity index (χ0) is 14.9. The Labute approximate surface area is 135 Å². The van der Waals surface area contributed by atoms with Gasteiger partial charge >= 0.3 is 0 Å². The van der Waals surface area contributed by atoms with Gasteiger partial charge in [-0.3, -0.25) is 4.79 Å². The topological polar surface area (TPSA) is 66.5 Å². The quantitative estimate of drug-likeness (QED) is 0.826. The van der Waals surface area contributed by atoms with E-state index in [0.29, 0.717) is 17.4 Å². The third kappa shape index (κ3) is 3.28. The number of rotatable bonds is 2. The van der Waals surface area contributed by atoms with Gasteiger partial charge in [-0.25, -0.2) is 8.42 Å². The summed E-state index contributed by atoms with van der Waals surface area (Å²) in [6, 6.07) is 2.91. The van der Waals surface area contributed by atoms with E-state index >= 15 is 0 Å². The number of benzene rings is 1. The molecule has 0 atom stereocenters. The first-order chi connectivity index (χ1) is 9.32. The third-order valence-electron chi connectivity index (χ3n) is 2.79. The van der Waals surface area contributed by atoms with Gasteiger partial charge in [0.1, 0.15) is 4.90 Å². The standard InChI is InChI=1S/C11H11BrCl2N2O3S/c12-7-4-8(13)11(9(14)5-7)20(18,19)16-3-1-2-15-10(17)6-16/h4-5H,1-3,6H2,(H,15,17). The zero-order valence-electron chi connectivity index (χ0n) is 10.2. The van der Waals surface area contributed by atoms with E-state index in [0.717, 1.165) is 4.31 Å². The van der Waals surface area contributed by atoms with Gasteiger partial charge in [0.05, 0.1) is 16.6 Å². The maximum absolute atomic E-state index is 12.6. The SMILES string of the molecule is O=C1CN(S(=O)(=O)c2c(Cl)cc(Br)cc2Cl)CCCN1. The molecule has 0 aromatic heterocycles. The van der Waals surface area contributed by atoms with E-state index in [1.165, 1.54) is 12.1 Å². The summed E-state index contributed by atoms with van der Waals surface area (Å²) >= 11 is 15.2. The van der Waals surface area contributed by atoms with E-state index in [1.54, 1.807) is 0 Å². The lowest BCUT2D eigenvalue weighted by Gasteiger charge is -2.20. The Morgan fingerprint density at radius 3 is 2.45 bits per heavy atom. The lowest BCUT2D eigenvalue weighted by molar-refractivity contribution is -0.120. The molecule has 20 heavy (non-hydrogen) atoms. The predicted octanol–water partition coefficient (Wildman–Crippen LogP) is 2.27. The first-order valence-electron chi connectivity index (χ1n) is 5.74. The highest BCUT2D eigenvalue weighted by Crippen LogP contribution is 2.34. The Hall–Kier alpha value is -0.340. The average molecular weight is 402 g/mol. The normalized spacial score (nSPS) is 17.6. The average Bonchev–Trinajstić information content (AvgIpc) is 2.52. The Kier molecular flexibility index (Phi) is 4.96. The molecule has 1 aliphatic heterocycles. The van der Waals surface area contributed by atoms with E-state index in [2.05, 4.69) is 21.2 Å². The number of nitrogens with zero attached hydrogens (tertiary/aromatic N) is 1. The monoisotopic (exact) mass is 400 g/mol. The summed E-state index contributed by atoms with van der Waals surface area (Å²) in [6.07, 6.45) is 0.538. The minimum Gasteiger partial charge on any atom is -0.355 e. The molecular formula is C11H11BrCl2N2O3S. The fourth-order valence-corrected chi connectivity index (χ4v) is 5.21. The molecule has 1 heterocycles. The van der Waals surface area contributed by atoms with Crippen LogP contribution in [0.2, 0.25) is 10.0 Å². The van der Waals surface area contributed by atoms with Crippen LogP contribution >= 0.6 is 39.1 Å². The van der Waals surface area contributed by atoms with Gasteiger partial charge in [-0.15, -0.1) is 0 Å². The Balaban J connectivity index is 2.47. The van der Waals surface area contributed by atoms with Crippen molar-refractivity contribution in [1.82, 2.24) is 9.62 Å². The molecule has 5 nitrogen and oxygen atoms in total. The van der Waals surface area contributed by atoms with Gasteiger partial charge in [0.2, 0.25) is 15.9 Å². The molecule has 1 saturated heterocycles. The summed E-state index contributed by atoms with van der Waals surface area (Å²) in [5.74, 6) is -0.338. The number of carbonyl (C=O) groups is 1. The smallest absolute Gasteiger partial charge is 0.246 e. The number of nitrogens with one attached hydrogen (secondary N) is 1. The number of sulfonamides is 1. The largest absolute Gasteiger partial charge is 0.355 e. The summed E-state index contributed by atoms with van der Waals surface area (Å²) in [5, 5.41) is 2.66. The van der Waals surface area contributed by atoms with Gasteiger partial charge < -0.3 is 5.32 Å². The second kappa shape index (κ2) is 6.19. The molecule has 0 radical (unpaired) electrons. The van der Waals surface area contributed by atoms with Gasteiger partial charge in [0.15, 0.2) is 0 Å². The second-order valence-electron chi connectivity index (χ2n) is 4.24. The van der Waals surface area contributed by atoms with Crippen molar-refractivity contribution in [1.29, 1.82) is 0 Å². The Morgan fingerprint density at radius 2 is 1.85 bits per heavy atom. The number of amides is 1. The zero-order valence-corrected chi connectivity index (χ0v) is 14.1. The predicted molar refractivity (Wildman–Crippen MR) is 80.5 cm³/mol. The second-order valence-corrected chi connectivity index (χ2v) is 7.85. The maximum Gasteiger partial charge on any atom is 0.246 e. The number of hydrogen-bond donors (Lipinski definition) is 1. The lowest BCUT2D eigenvalue weighted by atomic mass is 10.4. The number of halogens is 3. The third-order valence-corrected chi connectivity index (χ3v) is 6.01. The lowest BCUT2D eigenvalue weighted by Crippen LogP contribution is -2.37. The molecule has 0 unspecified atom stereocenters. The molecule has 0 aliphatic carbocycles. The Morgan fingerprint density at radius 1 is 1.25 bits per heavy atom. The molecule has 0 spiro atoms. The van der Waals surface area contributed by atoms with Crippen molar-refractivity contribution in [3.63, 3.8) is 0 Å². The Bertz CT molecular complexity index is 628. The molecule has 1 N–H and O–H groups in total. The number of hydrogen-bond acceptors (Lipinski definition) is 3. The first-order valence-corrected chi connectivity index (χ1v) is 8.72. The maximum atomic E-state index is 12.6. The van der Waals surface area contributed by atoms with Crippen molar-refractivity contribution in [2.24, 2.45) is 0 Å². The summed E-state index contributed by atoms with van der Waals surface area (Å²) in [5.41, 5.74) is 0. The molecule has 1 aromatic rings. The first kappa shape index (κ1) is 16.0. The fourth-order valence-electron chi connectivity index (χ4n) is 1.89. The van der Waals surface area contributed by atoms with Crippen molar-refractivity contribution in [2.75, 3.05) is 19.6 Å². The van der Waals surface area contributed by atoms with Crippen molar-refractivity contribution >= 4 is 55.1 Å². The van der Waals surface area contributed by atoms with E-state index < -0.39 is 10.0 Å². The van der Waals surface area contributed by atoms with Crippen LogP contribution < -0.4 is 5.32 Å². The van der Waals surface area contributed by atoms with Crippen molar-refractivity contribution in [2.45, 2.75) is 11.3 Å². The van der Waals surface area contributed by atoms with Crippen LogP contribution in [0.5, 0.6) is 0 Å². The highest BCUT2D eigenvalue weighted by atomic mass is 79.9. The minimum atomic E-state index is -3.91. The molecule has 1 fully saturated rings. The van der Waals surface area contributed by atoms with E-state index in [4.69, 9.17) is 23.2 Å². The molecule has 0 bridgehead atoms. The molecule has 0 saturated carbocycles. The minimum absolute atomic E-state index is 0.0223. The van der Waals surface area contributed by atoms with Crippen LogP contribution in [0.4, 0.5) is 0 Å². The van der Waals surface area contributed by atoms with Crippen molar-refractivity contribution in [3.8, 4) is 0 Å². The van der Waals surface area contributed by atoms with Crippen molar-refractivity contribution in [3.05, 3.63) is 26.7 Å². The van der Waals surface area contributed by atoms with Crippen LogP contribution in [0.15, 0.2) is 21.5 Å². The molecule has 1 aliphatic rings. The molecule has 1 aromatic carbocycles. The number of carbonyl (C=O) groups excluding carboxylic acids is 1. The highest BCUT2D eigenvalue weighted by molar-refractivity contribution is 9.10.